The maximum Gasteiger partial charge on any atom is 0.131 e. The molecule has 1 aromatic rings. The van der Waals surface area contributed by atoms with E-state index in [1.165, 1.54) is 5.92 Å². The Hall–Kier alpha value is -1.31. The van der Waals surface area contributed by atoms with Crippen LogP contribution in [-0.2, 0) is 10.2 Å². The van der Waals surface area contributed by atoms with Gasteiger partial charge in [0.15, 0.2) is 0 Å². The third kappa shape index (κ3) is 3.06. The molecule has 2 fully saturated rings. The van der Waals surface area contributed by atoms with Crippen LogP contribution in [-0.4, -0.2) is 11.4 Å². The van der Waals surface area contributed by atoms with Gasteiger partial charge in [0.25, 0.3) is 0 Å². The first-order valence-corrected chi connectivity index (χ1v) is 7.43. The third-order valence-electron chi connectivity index (χ3n) is 4.30. The molecule has 2 aliphatic carbocycles. The molecule has 0 saturated heterocycles. The number of hydrogen-bond donors (Lipinski definition) is 1. The molecule has 1 N–H and O–H groups in total. The average Bonchev–Trinajstić information content (AvgIpc) is 3.23. The molecule has 1 unspecified atom stereocenters. The van der Waals surface area contributed by atoms with Crippen LogP contribution in [0.1, 0.15) is 18.4 Å². The smallest absolute Gasteiger partial charge is 0.131 e. The van der Waals surface area contributed by atoms with Crippen molar-refractivity contribution in [2.75, 3.05) is 0 Å². The normalized spacial score (nSPS) is 22.7. The topological polar surface area (TPSA) is 37.3 Å². The highest BCUT2D eigenvalue weighted by Crippen LogP contribution is 2.46. The van der Waals surface area contributed by atoms with Crippen LogP contribution in [0.5, 0.6) is 5.75 Å². The standard InChI is InChI=1S/C20H18O2/c21-15-20(17-7-3-4-8-17,14-13-16-5-1-2-6-16)18-9-11-19(22)12-10-18/h1-12,15,22H,13-14H2. The number of rotatable bonds is 6. The van der Waals surface area contributed by atoms with Crippen molar-refractivity contribution in [3.05, 3.63) is 93.0 Å². The number of aldehydes is 1. The molecule has 0 amide bonds. The van der Waals surface area contributed by atoms with Crippen LogP contribution >= 0.6 is 0 Å². The maximum absolute atomic E-state index is 12.1. The van der Waals surface area contributed by atoms with Gasteiger partial charge in [0, 0.05) is 5.92 Å². The molecule has 2 heteroatoms. The van der Waals surface area contributed by atoms with E-state index in [2.05, 4.69) is 12.8 Å². The second kappa shape index (κ2) is 6.85. The van der Waals surface area contributed by atoms with Gasteiger partial charge in [0.2, 0.25) is 0 Å². The summed E-state index contributed by atoms with van der Waals surface area (Å²) in [6, 6.07) is 6.95. The Morgan fingerprint density at radius 1 is 0.909 bits per heavy atom. The Morgan fingerprint density at radius 3 is 2.09 bits per heavy atom. The minimum atomic E-state index is -0.672. The van der Waals surface area contributed by atoms with Gasteiger partial charge in [-0.25, -0.2) is 0 Å². The van der Waals surface area contributed by atoms with Crippen molar-refractivity contribution in [3.8, 4) is 5.75 Å². The highest BCUT2D eigenvalue weighted by molar-refractivity contribution is 5.77. The van der Waals surface area contributed by atoms with Gasteiger partial charge in [-0.3, -0.25) is 0 Å². The monoisotopic (exact) mass is 290 g/mol. The van der Waals surface area contributed by atoms with Crippen LogP contribution < -0.4 is 0 Å². The molecule has 0 bridgehead atoms. The van der Waals surface area contributed by atoms with E-state index < -0.39 is 5.41 Å². The summed E-state index contributed by atoms with van der Waals surface area (Å²) in [5, 5.41) is 9.52. The number of aromatic hydroxyl groups is 1. The zero-order chi connectivity index (χ0) is 15.4. The van der Waals surface area contributed by atoms with E-state index in [0.29, 0.717) is 6.42 Å². The molecular weight excluding hydrogens is 272 g/mol. The van der Waals surface area contributed by atoms with E-state index in [-0.39, 0.29) is 5.75 Å². The Morgan fingerprint density at radius 2 is 1.50 bits per heavy atom. The van der Waals surface area contributed by atoms with E-state index >= 15 is 0 Å². The van der Waals surface area contributed by atoms with Crippen LogP contribution in [0.25, 0.3) is 0 Å². The molecule has 0 aromatic heterocycles. The number of carbonyl (C=O) groups is 1. The summed E-state index contributed by atoms with van der Waals surface area (Å²) in [4.78, 5) is 12.1. The molecule has 10 radical (unpaired) electrons. The molecule has 110 valence electrons. The van der Waals surface area contributed by atoms with Crippen molar-refractivity contribution in [1.82, 2.24) is 0 Å². The van der Waals surface area contributed by atoms with Crippen LogP contribution in [0, 0.1) is 63.2 Å². The number of carbonyl (C=O) groups excluding carboxylic acids is 1. The molecule has 0 heterocycles. The van der Waals surface area contributed by atoms with Gasteiger partial charge in [0.1, 0.15) is 12.0 Å². The number of phenols is 1. The fourth-order valence-electron chi connectivity index (χ4n) is 3.00. The lowest BCUT2D eigenvalue weighted by Gasteiger charge is -2.35. The van der Waals surface area contributed by atoms with E-state index in [9.17, 15) is 9.90 Å². The molecule has 3 rings (SSSR count). The summed E-state index contributed by atoms with van der Waals surface area (Å²) in [6.07, 6.45) is 18.7. The summed E-state index contributed by atoms with van der Waals surface area (Å²) in [5.41, 5.74) is 0.243. The summed E-state index contributed by atoms with van der Waals surface area (Å²) in [6.45, 7) is 0. The van der Waals surface area contributed by atoms with Gasteiger partial charge in [0.05, 0.1) is 5.41 Å². The lowest BCUT2D eigenvalue weighted by atomic mass is 9.66. The first kappa shape index (κ1) is 15.6. The van der Waals surface area contributed by atoms with Crippen molar-refractivity contribution in [2.24, 2.45) is 0 Å². The second-order valence-electron chi connectivity index (χ2n) is 5.60. The van der Waals surface area contributed by atoms with E-state index in [0.717, 1.165) is 24.2 Å². The quantitative estimate of drug-likeness (QED) is 0.815. The number of phenolic OH excluding ortho intramolecular Hbond substituents is 1. The molecular formula is C20H18O2. The molecule has 1 aromatic carbocycles. The Bertz CT molecular complexity index is 481. The predicted molar refractivity (Wildman–Crippen MR) is 86.0 cm³/mol. The third-order valence-corrected chi connectivity index (χ3v) is 4.30. The molecule has 0 spiro atoms. The van der Waals surface area contributed by atoms with Gasteiger partial charge in [-0.15, -0.1) is 0 Å². The molecule has 2 nitrogen and oxygen atoms in total. The first-order chi connectivity index (χ1) is 10.7. The summed E-state index contributed by atoms with van der Waals surface area (Å²) < 4.78 is 0. The average molecular weight is 290 g/mol. The van der Waals surface area contributed by atoms with Crippen molar-refractivity contribution in [1.29, 1.82) is 0 Å². The van der Waals surface area contributed by atoms with E-state index in [1.54, 1.807) is 12.1 Å². The van der Waals surface area contributed by atoms with Crippen molar-refractivity contribution in [2.45, 2.75) is 18.3 Å². The minimum absolute atomic E-state index is 0.210. The zero-order valence-electron chi connectivity index (χ0n) is 12.3. The number of hydrogen-bond acceptors (Lipinski definition) is 2. The van der Waals surface area contributed by atoms with Crippen LogP contribution in [0.15, 0.2) is 24.3 Å². The van der Waals surface area contributed by atoms with Gasteiger partial charge < -0.3 is 9.90 Å². The summed E-state index contributed by atoms with van der Waals surface area (Å²) in [5.74, 6) is 2.44. The summed E-state index contributed by atoms with van der Waals surface area (Å²) in [7, 11) is 0. The molecule has 0 aliphatic heterocycles. The largest absolute Gasteiger partial charge is 0.508 e. The first-order valence-electron chi connectivity index (χ1n) is 7.43. The molecule has 2 aliphatic rings. The van der Waals surface area contributed by atoms with Gasteiger partial charge in [-0.05, 0) is 87.8 Å². The Labute approximate surface area is 133 Å². The lowest BCUT2D eigenvalue weighted by molar-refractivity contribution is -0.112. The fourth-order valence-corrected chi connectivity index (χ4v) is 3.00. The van der Waals surface area contributed by atoms with Crippen molar-refractivity contribution in [3.63, 3.8) is 0 Å². The van der Waals surface area contributed by atoms with E-state index in [4.69, 9.17) is 0 Å². The van der Waals surface area contributed by atoms with Gasteiger partial charge >= 0.3 is 0 Å². The Balaban J connectivity index is 1.85. The highest BCUT2D eigenvalue weighted by Gasteiger charge is 2.42. The Kier molecular flexibility index (Phi) is 4.85. The maximum atomic E-state index is 12.1. The number of benzene rings is 1. The van der Waals surface area contributed by atoms with Crippen LogP contribution in [0.2, 0.25) is 0 Å². The van der Waals surface area contributed by atoms with Crippen molar-refractivity contribution >= 4 is 6.29 Å². The molecule has 2 saturated carbocycles. The van der Waals surface area contributed by atoms with Crippen LogP contribution in [0.4, 0.5) is 0 Å². The fraction of sp³-hybridized carbons (Fsp3) is 0.150. The molecule has 22 heavy (non-hydrogen) atoms. The SMILES string of the molecule is O=CC(CC[C]1[CH][CH][CH][CH]1)([C]1[CH][CH][CH][CH]1)c1ccc(O)cc1. The summed E-state index contributed by atoms with van der Waals surface area (Å²) >= 11 is 0. The highest BCUT2D eigenvalue weighted by atomic mass is 16.3. The van der Waals surface area contributed by atoms with Gasteiger partial charge in [-0.1, -0.05) is 12.1 Å². The molecule has 1 atom stereocenters. The lowest BCUT2D eigenvalue weighted by Crippen LogP contribution is -2.35. The van der Waals surface area contributed by atoms with Crippen LogP contribution in [0.3, 0.4) is 0 Å². The zero-order valence-corrected chi connectivity index (χ0v) is 12.3. The second-order valence-corrected chi connectivity index (χ2v) is 5.60. The van der Waals surface area contributed by atoms with Gasteiger partial charge in [-0.2, -0.15) is 0 Å². The predicted octanol–water partition coefficient (Wildman–Crippen LogP) is 3.42. The van der Waals surface area contributed by atoms with Crippen molar-refractivity contribution < 1.29 is 9.90 Å². The van der Waals surface area contributed by atoms with E-state index in [1.807, 2.05) is 50.7 Å². The minimum Gasteiger partial charge on any atom is -0.508 e.